The van der Waals surface area contributed by atoms with E-state index in [1.807, 2.05) is 31.2 Å². The van der Waals surface area contributed by atoms with Gasteiger partial charge in [-0.25, -0.2) is 8.42 Å². The number of anilines is 1. The van der Waals surface area contributed by atoms with Crippen LogP contribution in [0.5, 0.6) is 0 Å². The van der Waals surface area contributed by atoms with E-state index in [0.717, 1.165) is 27.8 Å². The summed E-state index contributed by atoms with van der Waals surface area (Å²) in [5.74, 6) is -0.936. The number of likely N-dealkylation sites (N-methyl/N-ethyl adjacent to an activating group) is 1. The largest absolute Gasteiger partial charge is 0.355 e. The molecule has 0 bridgehead atoms. The van der Waals surface area contributed by atoms with Crippen molar-refractivity contribution in [2.45, 2.75) is 46.7 Å². The van der Waals surface area contributed by atoms with Gasteiger partial charge in [-0.3, -0.25) is 24.0 Å². The molecule has 1 unspecified atom stereocenters. The smallest absolute Gasteiger partial charge is 0.271 e. The fraction of sp³-hybridized carbons (Fsp3) is 0.417. The molecule has 2 rings (SSSR count). The third kappa shape index (κ3) is 7.25. The Labute approximate surface area is 206 Å². The Hall–Kier alpha value is -3.47. The highest BCUT2D eigenvalue weighted by Crippen LogP contribution is 2.28. The predicted octanol–water partition coefficient (Wildman–Crippen LogP) is 2.92. The van der Waals surface area contributed by atoms with Gasteiger partial charge in [0.15, 0.2) is 0 Å². The van der Waals surface area contributed by atoms with Gasteiger partial charge in [-0.15, -0.1) is 0 Å². The zero-order valence-corrected chi connectivity index (χ0v) is 21.5. The molecule has 2 amide bonds. The first-order valence-electron chi connectivity index (χ1n) is 11.2. The van der Waals surface area contributed by atoms with Gasteiger partial charge < -0.3 is 10.2 Å². The highest BCUT2D eigenvalue weighted by molar-refractivity contribution is 7.92. The number of nitrogens with zero attached hydrogens (tertiary/aromatic N) is 3. The van der Waals surface area contributed by atoms with Gasteiger partial charge in [0.25, 0.3) is 5.69 Å². The van der Waals surface area contributed by atoms with Crippen molar-refractivity contribution < 1.29 is 22.9 Å². The molecule has 1 N–H and O–H groups in total. The molecule has 10 nitrogen and oxygen atoms in total. The molecule has 0 aliphatic rings. The van der Waals surface area contributed by atoms with Crippen LogP contribution in [0.4, 0.5) is 11.4 Å². The molecule has 11 heteroatoms. The van der Waals surface area contributed by atoms with Crippen LogP contribution in [0.25, 0.3) is 0 Å². The Kier molecular flexibility index (Phi) is 9.35. The van der Waals surface area contributed by atoms with Crippen LogP contribution in [0.3, 0.4) is 0 Å². The lowest BCUT2D eigenvalue weighted by atomic mass is 10.1. The number of hydrogen-bond donors (Lipinski definition) is 1. The zero-order chi connectivity index (χ0) is 26.3. The summed E-state index contributed by atoms with van der Waals surface area (Å²) in [6.45, 7) is 6.93. The van der Waals surface area contributed by atoms with Crippen LogP contribution >= 0.6 is 0 Å². The lowest BCUT2D eigenvalue weighted by Gasteiger charge is -2.33. The van der Waals surface area contributed by atoms with E-state index in [9.17, 15) is 28.1 Å². The lowest BCUT2D eigenvalue weighted by molar-refractivity contribution is -0.384. The van der Waals surface area contributed by atoms with Crippen molar-refractivity contribution in [2.75, 3.05) is 23.7 Å². The average Bonchev–Trinajstić information content (AvgIpc) is 2.77. The Morgan fingerprint density at radius 3 is 2.34 bits per heavy atom. The Balaban J connectivity index is 2.52. The minimum Gasteiger partial charge on any atom is -0.355 e. The number of rotatable bonds is 11. The van der Waals surface area contributed by atoms with Gasteiger partial charge in [-0.1, -0.05) is 42.8 Å². The van der Waals surface area contributed by atoms with Gasteiger partial charge in [-0.2, -0.15) is 0 Å². The Morgan fingerprint density at radius 2 is 1.80 bits per heavy atom. The van der Waals surface area contributed by atoms with Crippen molar-refractivity contribution in [3.63, 3.8) is 0 Å². The van der Waals surface area contributed by atoms with Crippen molar-refractivity contribution >= 4 is 33.2 Å². The Morgan fingerprint density at radius 1 is 1.11 bits per heavy atom. The monoisotopic (exact) mass is 504 g/mol. The fourth-order valence-corrected chi connectivity index (χ4v) is 4.69. The number of nitro groups is 1. The van der Waals surface area contributed by atoms with Crippen molar-refractivity contribution in [1.82, 2.24) is 10.2 Å². The number of hydrogen-bond acceptors (Lipinski definition) is 6. The number of benzene rings is 2. The number of aryl methyl sites for hydroxylation is 2. The van der Waals surface area contributed by atoms with Gasteiger partial charge in [-0.05, 0) is 38.3 Å². The lowest BCUT2D eigenvalue weighted by Crippen LogP contribution is -2.52. The quantitative estimate of drug-likeness (QED) is 0.370. The van der Waals surface area contributed by atoms with E-state index in [0.29, 0.717) is 18.5 Å². The summed E-state index contributed by atoms with van der Waals surface area (Å²) in [6.07, 6.45) is 1.25. The molecule has 0 aromatic heterocycles. The van der Waals surface area contributed by atoms with Crippen LogP contribution in [0, 0.1) is 24.0 Å². The average molecular weight is 505 g/mol. The first-order valence-corrected chi connectivity index (χ1v) is 13.1. The van der Waals surface area contributed by atoms with Gasteiger partial charge in [0.1, 0.15) is 12.6 Å². The Bertz CT molecular complexity index is 1200. The number of carbonyl (C=O) groups is 2. The molecule has 0 aliphatic carbocycles. The van der Waals surface area contributed by atoms with Gasteiger partial charge in [0.05, 0.1) is 16.9 Å². The fourth-order valence-electron chi connectivity index (χ4n) is 3.79. The molecular weight excluding hydrogens is 472 g/mol. The standard InChI is InChI=1S/C24H32N4O6S/c1-6-21(24(30)25-7-2)26(15-19-10-8-9-17(3)13-19)23(29)16-27(35(5,33)34)22-14-20(28(31)32)12-11-18(22)4/h8-14,21H,6-7,15-16H2,1-5H3,(H,25,30). The third-order valence-electron chi connectivity index (χ3n) is 5.52. The van der Waals surface area contributed by atoms with Crippen molar-refractivity contribution in [3.8, 4) is 0 Å². The highest BCUT2D eigenvalue weighted by Gasteiger charge is 2.32. The summed E-state index contributed by atoms with van der Waals surface area (Å²) in [5, 5.41) is 14.0. The van der Waals surface area contributed by atoms with Gasteiger partial charge in [0.2, 0.25) is 21.8 Å². The maximum Gasteiger partial charge on any atom is 0.271 e. The number of amides is 2. The summed E-state index contributed by atoms with van der Waals surface area (Å²) in [5.41, 5.74) is 1.97. The summed E-state index contributed by atoms with van der Waals surface area (Å²) in [6, 6.07) is 10.5. The molecule has 0 radical (unpaired) electrons. The van der Waals surface area contributed by atoms with Crippen LogP contribution < -0.4 is 9.62 Å². The zero-order valence-electron chi connectivity index (χ0n) is 20.6. The maximum atomic E-state index is 13.6. The van der Waals surface area contributed by atoms with E-state index in [2.05, 4.69) is 5.32 Å². The number of carbonyl (C=O) groups excluding carboxylic acids is 2. The van der Waals surface area contributed by atoms with E-state index in [1.165, 1.54) is 17.0 Å². The molecule has 1 atom stereocenters. The van der Waals surface area contributed by atoms with Crippen molar-refractivity contribution in [2.24, 2.45) is 0 Å². The van der Waals surface area contributed by atoms with Crippen LogP contribution in [0.15, 0.2) is 42.5 Å². The number of nitrogens with one attached hydrogen (secondary N) is 1. The summed E-state index contributed by atoms with van der Waals surface area (Å²) in [4.78, 5) is 38.4. The minimum absolute atomic E-state index is 0.0385. The molecule has 0 heterocycles. The SMILES string of the molecule is CCNC(=O)C(CC)N(Cc1cccc(C)c1)C(=O)CN(c1cc([N+](=O)[O-])ccc1C)S(C)(=O)=O. The minimum atomic E-state index is -3.99. The number of non-ortho nitro benzene ring substituents is 1. The maximum absolute atomic E-state index is 13.6. The second kappa shape index (κ2) is 11.8. The first-order chi connectivity index (χ1) is 16.4. The molecule has 0 saturated carbocycles. The molecular formula is C24H32N4O6S. The second-order valence-electron chi connectivity index (χ2n) is 8.33. The van der Waals surface area contributed by atoms with Crippen molar-refractivity contribution in [3.05, 3.63) is 69.3 Å². The predicted molar refractivity (Wildman–Crippen MR) is 135 cm³/mol. The van der Waals surface area contributed by atoms with Gasteiger partial charge in [0, 0.05) is 25.2 Å². The third-order valence-corrected chi connectivity index (χ3v) is 6.65. The van der Waals surface area contributed by atoms with E-state index < -0.39 is 33.4 Å². The van der Waals surface area contributed by atoms with Gasteiger partial charge >= 0.3 is 0 Å². The topological polar surface area (TPSA) is 130 Å². The summed E-state index contributed by atoms with van der Waals surface area (Å²) < 4.78 is 26.3. The molecule has 2 aromatic carbocycles. The van der Waals surface area contributed by atoms with E-state index in [-0.39, 0.29) is 23.8 Å². The van der Waals surface area contributed by atoms with Crippen molar-refractivity contribution in [1.29, 1.82) is 0 Å². The molecule has 190 valence electrons. The van der Waals surface area contributed by atoms with E-state index in [4.69, 9.17) is 0 Å². The van der Waals surface area contributed by atoms with Crippen LogP contribution in [0.1, 0.15) is 37.0 Å². The number of sulfonamides is 1. The van der Waals surface area contributed by atoms with Crippen LogP contribution in [-0.4, -0.2) is 55.4 Å². The highest BCUT2D eigenvalue weighted by atomic mass is 32.2. The summed E-state index contributed by atoms with van der Waals surface area (Å²) >= 11 is 0. The molecule has 35 heavy (non-hydrogen) atoms. The molecule has 0 saturated heterocycles. The molecule has 0 spiro atoms. The van der Waals surface area contributed by atoms with E-state index >= 15 is 0 Å². The molecule has 2 aromatic rings. The second-order valence-corrected chi connectivity index (χ2v) is 10.2. The molecule has 0 fully saturated rings. The number of nitro benzene ring substituents is 1. The first kappa shape index (κ1) is 27.8. The van der Waals surface area contributed by atoms with E-state index in [1.54, 1.807) is 20.8 Å². The van der Waals surface area contributed by atoms with Crippen LogP contribution in [0.2, 0.25) is 0 Å². The normalized spacial score (nSPS) is 12.0. The molecule has 0 aliphatic heterocycles. The van der Waals surface area contributed by atoms with Crippen LogP contribution in [-0.2, 0) is 26.2 Å². The summed E-state index contributed by atoms with van der Waals surface area (Å²) in [7, 11) is -3.99.